The minimum Gasteiger partial charge on any atom is -0.387 e. The van der Waals surface area contributed by atoms with E-state index in [0.29, 0.717) is 55.6 Å². The number of benzene rings is 1. The number of ether oxygens (including phenoxy) is 2. The van der Waals surface area contributed by atoms with Gasteiger partial charge in [-0.05, 0) is 60.8 Å². The van der Waals surface area contributed by atoms with Gasteiger partial charge in [-0.1, -0.05) is 50.6 Å². The summed E-state index contributed by atoms with van der Waals surface area (Å²) in [5.41, 5.74) is 2.59. The summed E-state index contributed by atoms with van der Waals surface area (Å²) in [5, 5.41) is 3.71. The summed E-state index contributed by atoms with van der Waals surface area (Å²) in [6.07, 6.45) is 7.25. The standard InChI is InChI=1S/C30H40N2O4/c1-29-12-6-9-22(29)21-17-31-27-26(24(33)11-14-30(27,2)23(21)10-13-29)28(34)32(25-19-35-15-16-36-25)18-20-7-4-3-5-8-20/h3-5,7-8,21-23,25,31H,6,9-19H2,1-2H3/t21-,22-,23+,25?,29-,30+/m0/s1. The molecule has 3 aliphatic carbocycles. The first-order valence-corrected chi connectivity index (χ1v) is 14.0. The summed E-state index contributed by atoms with van der Waals surface area (Å²) in [5.74, 6) is 1.65. The van der Waals surface area contributed by atoms with Crippen LogP contribution in [-0.2, 0) is 25.6 Å². The average molecular weight is 493 g/mol. The van der Waals surface area contributed by atoms with Gasteiger partial charge in [0.15, 0.2) is 12.0 Å². The highest BCUT2D eigenvalue weighted by atomic mass is 16.6. The van der Waals surface area contributed by atoms with Crippen molar-refractivity contribution in [1.82, 2.24) is 10.2 Å². The highest BCUT2D eigenvalue weighted by molar-refractivity contribution is 6.20. The third-order valence-electron chi connectivity index (χ3n) is 10.3. The number of fused-ring (bicyclic) bond motifs is 5. The van der Waals surface area contributed by atoms with E-state index < -0.39 is 6.23 Å². The number of nitrogens with zero attached hydrogens (tertiary/aromatic N) is 1. The summed E-state index contributed by atoms with van der Waals surface area (Å²) < 4.78 is 11.7. The van der Waals surface area contributed by atoms with Gasteiger partial charge in [0.2, 0.25) is 0 Å². The maximum absolute atomic E-state index is 14.3. The molecular formula is C30H40N2O4. The molecule has 5 aliphatic rings. The molecule has 2 heterocycles. The van der Waals surface area contributed by atoms with Crippen LogP contribution in [0.4, 0.5) is 0 Å². The van der Waals surface area contributed by atoms with Gasteiger partial charge in [-0.3, -0.25) is 9.59 Å². The lowest BCUT2D eigenvalue weighted by Gasteiger charge is -2.58. The first-order chi connectivity index (χ1) is 17.4. The van der Waals surface area contributed by atoms with Crippen LogP contribution in [0.25, 0.3) is 0 Å². The third kappa shape index (κ3) is 3.92. The molecule has 6 atom stereocenters. The normalized spacial score (nSPS) is 38.0. The Hall–Kier alpha value is -2.18. The molecular weight excluding hydrogens is 452 g/mol. The number of carbonyl (C=O) groups is 2. The van der Waals surface area contributed by atoms with Crippen LogP contribution in [0, 0.1) is 28.6 Å². The lowest BCUT2D eigenvalue weighted by Crippen LogP contribution is -2.58. The van der Waals surface area contributed by atoms with Crippen LogP contribution in [0.1, 0.15) is 64.4 Å². The molecule has 0 spiro atoms. The van der Waals surface area contributed by atoms with E-state index in [0.717, 1.165) is 30.1 Å². The zero-order valence-corrected chi connectivity index (χ0v) is 21.8. The van der Waals surface area contributed by atoms with E-state index in [1.165, 1.54) is 32.1 Å². The third-order valence-corrected chi connectivity index (χ3v) is 10.3. The smallest absolute Gasteiger partial charge is 0.261 e. The van der Waals surface area contributed by atoms with Gasteiger partial charge in [0.05, 0.1) is 19.8 Å². The number of Topliss-reactive ketones (excluding diaryl/α,β-unsaturated/α-hetero) is 1. The molecule has 194 valence electrons. The molecule has 2 aliphatic heterocycles. The lowest BCUT2D eigenvalue weighted by molar-refractivity contribution is -0.172. The summed E-state index contributed by atoms with van der Waals surface area (Å²) in [6.45, 7) is 7.39. The van der Waals surface area contributed by atoms with Crippen molar-refractivity contribution < 1.29 is 19.1 Å². The minimum absolute atomic E-state index is 0.0327. The summed E-state index contributed by atoms with van der Waals surface area (Å²) in [7, 11) is 0. The molecule has 1 aromatic rings. The quantitative estimate of drug-likeness (QED) is 0.629. The van der Waals surface area contributed by atoms with Crippen molar-refractivity contribution in [2.75, 3.05) is 26.4 Å². The van der Waals surface area contributed by atoms with Crippen LogP contribution < -0.4 is 5.32 Å². The first-order valence-electron chi connectivity index (χ1n) is 14.0. The van der Waals surface area contributed by atoms with Gasteiger partial charge in [0.25, 0.3) is 5.91 Å². The summed E-state index contributed by atoms with van der Waals surface area (Å²) >= 11 is 0. The second-order valence-corrected chi connectivity index (χ2v) is 12.3. The maximum atomic E-state index is 14.3. The van der Waals surface area contributed by atoms with E-state index in [-0.39, 0.29) is 17.1 Å². The zero-order chi connectivity index (χ0) is 24.9. The van der Waals surface area contributed by atoms with Crippen molar-refractivity contribution in [3.8, 4) is 0 Å². The number of amides is 1. The molecule has 36 heavy (non-hydrogen) atoms. The Labute approximate surface area is 214 Å². The van der Waals surface area contributed by atoms with E-state index in [2.05, 4.69) is 19.2 Å². The number of ketones is 1. The van der Waals surface area contributed by atoms with E-state index in [1.807, 2.05) is 30.3 Å². The Morgan fingerprint density at radius 2 is 1.92 bits per heavy atom. The van der Waals surface area contributed by atoms with Crippen LogP contribution in [0.2, 0.25) is 0 Å². The molecule has 1 aromatic carbocycles. The van der Waals surface area contributed by atoms with Crippen molar-refractivity contribution in [3.63, 3.8) is 0 Å². The number of allylic oxidation sites excluding steroid dienone is 1. The van der Waals surface area contributed by atoms with Crippen LogP contribution >= 0.6 is 0 Å². The predicted molar refractivity (Wildman–Crippen MR) is 137 cm³/mol. The SMILES string of the molecule is C[C@@]12CCC[C@H]1[C@@H]1CNC3=C(C(=O)N(Cc4ccccc4)C4COCCO4)C(=O)CC[C@]3(C)[C@@H]1CC2. The number of piperidine rings is 1. The molecule has 0 aromatic heterocycles. The fourth-order valence-corrected chi connectivity index (χ4v) is 8.40. The van der Waals surface area contributed by atoms with E-state index in [9.17, 15) is 9.59 Å². The van der Waals surface area contributed by atoms with Crippen LogP contribution in [-0.4, -0.2) is 49.2 Å². The van der Waals surface area contributed by atoms with Gasteiger partial charge in [-0.2, -0.15) is 0 Å². The first kappa shape index (κ1) is 24.2. The van der Waals surface area contributed by atoms with E-state index in [1.54, 1.807) is 4.90 Å². The van der Waals surface area contributed by atoms with Crippen molar-refractivity contribution >= 4 is 11.7 Å². The average Bonchev–Trinajstić information content (AvgIpc) is 3.30. The van der Waals surface area contributed by atoms with E-state index >= 15 is 0 Å². The molecule has 6 rings (SSSR count). The Kier molecular flexibility index (Phi) is 6.24. The predicted octanol–water partition coefficient (Wildman–Crippen LogP) is 4.45. The number of hydrogen-bond acceptors (Lipinski definition) is 5. The van der Waals surface area contributed by atoms with Crippen molar-refractivity contribution in [3.05, 3.63) is 47.2 Å². The van der Waals surface area contributed by atoms with Gasteiger partial charge < -0.3 is 19.7 Å². The van der Waals surface area contributed by atoms with Gasteiger partial charge >= 0.3 is 0 Å². The van der Waals surface area contributed by atoms with Crippen LogP contribution in [0.5, 0.6) is 0 Å². The molecule has 2 saturated heterocycles. The molecule has 2 saturated carbocycles. The largest absolute Gasteiger partial charge is 0.387 e. The zero-order valence-electron chi connectivity index (χ0n) is 21.8. The lowest BCUT2D eigenvalue weighted by atomic mass is 9.50. The number of hydrogen-bond donors (Lipinski definition) is 1. The molecule has 0 radical (unpaired) electrons. The topological polar surface area (TPSA) is 67.9 Å². The van der Waals surface area contributed by atoms with E-state index in [4.69, 9.17) is 9.47 Å². The Morgan fingerprint density at radius 3 is 2.69 bits per heavy atom. The molecule has 6 heteroatoms. The molecule has 4 fully saturated rings. The minimum atomic E-state index is -0.495. The van der Waals surface area contributed by atoms with Gasteiger partial charge in [0.1, 0.15) is 5.57 Å². The Bertz CT molecular complexity index is 1050. The second kappa shape index (κ2) is 9.29. The van der Waals surface area contributed by atoms with Crippen molar-refractivity contribution in [1.29, 1.82) is 0 Å². The van der Waals surface area contributed by atoms with Gasteiger partial charge in [-0.15, -0.1) is 0 Å². The maximum Gasteiger partial charge on any atom is 0.261 e. The Morgan fingerprint density at radius 1 is 1.08 bits per heavy atom. The van der Waals surface area contributed by atoms with Crippen LogP contribution in [0.3, 0.4) is 0 Å². The Balaban J connectivity index is 1.36. The number of nitrogens with one attached hydrogen (secondary N) is 1. The summed E-state index contributed by atoms with van der Waals surface area (Å²) in [4.78, 5) is 29.4. The van der Waals surface area contributed by atoms with Gasteiger partial charge in [0, 0.05) is 30.6 Å². The monoisotopic (exact) mass is 492 g/mol. The van der Waals surface area contributed by atoms with Gasteiger partial charge in [-0.25, -0.2) is 0 Å². The molecule has 0 bridgehead atoms. The highest BCUT2D eigenvalue weighted by Crippen LogP contribution is 2.63. The second-order valence-electron chi connectivity index (χ2n) is 12.3. The molecule has 1 amide bonds. The fraction of sp³-hybridized carbons (Fsp3) is 0.667. The van der Waals surface area contributed by atoms with Crippen molar-refractivity contribution in [2.45, 2.75) is 71.6 Å². The summed E-state index contributed by atoms with van der Waals surface area (Å²) in [6, 6.07) is 9.95. The van der Waals surface area contributed by atoms with Crippen LogP contribution in [0.15, 0.2) is 41.6 Å². The molecule has 6 nitrogen and oxygen atoms in total. The fourth-order valence-electron chi connectivity index (χ4n) is 8.40. The number of carbonyl (C=O) groups excluding carboxylic acids is 2. The van der Waals surface area contributed by atoms with Crippen molar-refractivity contribution in [2.24, 2.45) is 28.6 Å². The molecule has 1 N–H and O–H groups in total. The molecule has 1 unspecified atom stereocenters. The number of rotatable bonds is 4. The highest BCUT2D eigenvalue weighted by Gasteiger charge is 2.58.